The predicted molar refractivity (Wildman–Crippen MR) is 109 cm³/mol. The van der Waals surface area contributed by atoms with Crippen molar-refractivity contribution in [2.75, 3.05) is 5.75 Å². The molecule has 0 amide bonds. The number of halogens is 1. The van der Waals surface area contributed by atoms with Gasteiger partial charge in [0.25, 0.3) is 5.65 Å². The van der Waals surface area contributed by atoms with Crippen LogP contribution < -0.4 is 10.1 Å². The molecule has 0 spiro atoms. The lowest BCUT2D eigenvalue weighted by atomic mass is 10.2. The summed E-state index contributed by atoms with van der Waals surface area (Å²) in [4.78, 5) is 13.0. The lowest BCUT2D eigenvalue weighted by Crippen LogP contribution is -2.41. The van der Waals surface area contributed by atoms with Gasteiger partial charge in [-0.2, -0.15) is 4.40 Å². The van der Waals surface area contributed by atoms with Gasteiger partial charge in [0.2, 0.25) is 0 Å². The Labute approximate surface area is 163 Å². The Hall–Kier alpha value is -1.24. The molecule has 0 radical (unpaired) electrons. The monoisotopic (exact) mass is 433 g/mol. The van der Waals surface area contributed by atoms with Crippen LogP contribution in [0.25, 0.3) is 5.65 Å². The molecule has 128 valence electrons. The highest BCUT2D eigenvalue weighted by Gasteiger charge is 2.30. The summed E-state index contributed by atoms with van der Waals surface area (Å²) in [6.07, 6.45) is 3.93. The van der Waals surface area contributed by atoms with E-state index in [0.29, 0.717) is 5.25 Å². The Bertz CT molecular complexity index is 971. The second-order valence-corrected chi connectivity index (χ2v) is 10.1. The quantitative estimate of drug-likeness (QED) is 0.576. The van der Waals surface area contributed by atoms with Gasteiger partial charge in [0, 0.05) is 21.5 Å². The predicted octanol–water partition coefficient (Wildman–Crippen LogP) is 4.26. The van der Waals surface area contributed by atoms with Gasteiger partial charge in [-0.1, -0.05) is 41.1 Å². The van der Waals surface area contributed by atoms with E-state index in [1.54, 1.807) is 4.40 Å². The van der Waals surface area contributed by atoms with Gasteiger partial charge < -0.3 is 0 Å². The van der Waals surface area contributed by atoms with E-state index in [9.17, 15) is 4.79 Å². The van der Waals surface area contributed by atoms with Crippen LogP contribution in [0.4, 0.5) is 0 Å². The molecule has 2 aromatic heterocycles. The molecule has 3 nitrogen and oxygen atoms in total. The molecule has 25 heavy (non-hydrogen) atoms. The van der Waals surface area contributed by atoms with Crippen LogP contribution in [-0.4, -0.2) is 15.4 Å². The first-order chi connectivity index (χ1) is 12.1. The summed E-state index contributed by atoms with van der Waals surface area (Å²) in [5, 5.41) is 0.589. The highest BCUT2D eigenvalue weighted by molar-refractivity contribution is 9.10. The molecule has 0 saturated carbocycles. The van der Waals surface area contributed by atoms with Crippen molar-refractivity contribution in [1.82, 2.24) is 4.40 Å². The fourth-order valence-electron chi connectivity index (χ4n) is 3.02. The van der Waals surface area contributed by atoms with Crippen molar-refractivity contribution in [3.8, 4) is 0 Å². The van der Waals surface area contributed by atoms with Gasteiger partial charge in [0.15, 0.2) is 0 Å². The Morgan fingerprint density at radius 2 is 2.04 bits per heavy atom. The van der Waals surface area contributed by atoms with E-state index < -0.39 is 0 Å². The number of fused-ring (bicyclic) bond motifs is 1. The maximum absolute atomic E-state index is 13.0. The summed E-state index contributed by atoms with van der Waals surface area (Å²) in [6.45, 7) is 2.97. The second-order valence-electron chi connectivity index (χ2n) is 6.18. The molecule has 1 fully saturated rings. The van der Waals surface area contributed by atoms with Gasteiger partial charge in [-0.25, -0.2) is 9.36 Å². The summed E-state index contributed by atoms with van der Waals surface area (Å²) in [5.41, 5.74) is 3.12. The summed E-state index contributed by atoms with van der Waals surface area (Å²) < 4.78 is 5.25. The van der Waals surface area contributed by atoms with Crippen molar-refractivity contribution in [2.24, 2.45) is 0 Å². The average Bonchev–Trinajstić information content (AvgIpc) is 3.05. The van der Waals surface area contributed by atoms with Crippen LogP contribution in [0.5, 0.6) is 0 Å². The summed E-state index contributed by atoms with van der Waals surface area (Å²) in [5.74, 6) is 1.10. The molecule has 0 N–H and O–H groups in total. The van der Waals surface area contributed by atoms with E-state index in [0.717, 1.165) is 28.0 Å². The molecular formula is C19H18BrN2OS2+. The van der Waals surface area contributed by atoms with Crippen LogP contribution in [0.2, 0.25) is 0 Å². The molecule has 0 aliphatic carbocycles. The number of thioether (sulfide) groups is 2. The Balaban J connectivity index is 1.83. The fourth-order valence-corrected chi connectivity index (χ4v) is 6.47. The highest BCUT2D eigenvalue weighted by atomic mass is 79.9. The Kier molecular flexibility index (Phi) is 4.93. The van der Waals surface area contributed by atoms with E-state index in [4.69, 9.17) is 0 Å². The first kappa shape index (κ1) is 17.2. The van der Waals surface area contributed by atoms with E-state index in [-0.39, 0.29) is 10.1 Å². The minimum atomic E-state index is 0.0988. The van der Waals surface area contributed by atoms with Gasteiger partial charge in [0.1, 0.15) is 18.3 Å². The summed E-state index contributed by atoms with van der Waals surface area (Å²) >= 11 is 7.25. The summed E-state index contributed by atoms with van der Waals surface area (Å²) in [7, 11) is 0. The van der Waals surface area contributed by atoms with Crippen LogP contribution in [0.3, 0.4) is 0 Å². The van der Waals surface area contributed by atoms with Crippen molar-refractivity contribution in [3.05, 3.63) is 80.8 Å². The zero-order valence-corrected chi connectivity index (χ0v) is 17.0. The van der Waals surface area contributed by atoms with Crippen molar-refractivity contribution in [1.29, 1.82) is 0 Å². The first-order valence-electron chi connectivity index (χ1n) is 8.17. The third-order valence-electron chi connectivity index (χ3n) is 4.25. The summed E-state index contributed by atoms with van der Waals surface area (Å²) in [6, 6.07) is 14.2. The van der Waals surface area contributed by atoms with Crippen LogP contribution in [-0.2, 0) is 6.54 Å². The molecule has 1 aliphatic heterocycles. The molecule has 4 rings (SSSR count). The number of rotatable bonds is 3. The standard InChI is InChI=1S/C19H18BrN2OS2/c1-13-12-24-19(25-13)16-11-21(10-14-5-7-15(20)8-6-14)17-4-2-3-9-22(17)18(16)23/h2-9,11,13,19H,10,12H2,1H3/q+1. The van der Waals surface area contributed by atoms with Gasteiger partial charge >= 0.3 is 5.56 Å². The number of pyridine rings is 1. The lowest BCUT2D eigenvalue weighted by Gasteiger charge is -2.10. The first-order valence-corrected chi connectivity index (χ1v) is 11.0. The number of hydrogen-bond donors (Lipinski definition) is 0. The van der Waals surface area contributed by atoms with Gasteiger partial charge in [-0.15, -0.1) is 23.5 Å². The van der Waals surface area contributed by atoms with Gasteiger partial charge in [-0.05, 0) is 23.8 Å². The minimum Gasteiger partial charge on any atom is -0.240 e. The number of hydrogen-bond acceptors (Lipinski definition) is 3. The molecule has 3 heterocycles. The zero-order chi connectivity index (χ0) is 17.4. The van der Waals surface area contributed by atoms with Crippen LogP contribution in [0, 0.1) is 0 Å². The third-order valence-corrected chi connectivity index (χ3v) is 8.11. The Morgan fingerprint density at radius 1 is 1.24 bits per heavy atom. The van der Waals surface area contributed by atoms with E-state index in [2.05, 4.69) is 57.9 Å². The molecule has 1 aliphatic rings. The topological polar surface area (TPSA) is 25.4 Å². The molecule has 2 unspecified atom stereocenters. The molecule has 2 atom stereocenters. The molecule has 6 heteroatoms. The fraction of sp³-hybridized carbons (Fsp3) is 0.263. The molecular weight excluding hydrogens is 416 g/mol. The van der Waals surface area contributed by atoms with Gasteiger partial charge in [-0.3, -0.25) is 0 Å². The second kappa shape index (κ2) is 7.17. The van der Waals surface area contributed by atoms with Crippen molar-refractivity contribution >= 4 is 45.1 Å². The Morgan fingerprint density at radius 3 is 2.76 bits per heavy atom. The maximum atomic E-state index is 13.0. The molecule has 1 aromatic carbocycles. The van der Waals surface area contributed by atoms with Gasteiger partial charge in [0.05, 0.1) is 10.8 Å². The third kappa shape index (κ3) is 3.52. The molecule has 1 saturated heterocycles. The maximum Gasteiger partial charge on any atom is 0.347 e. The van der Waals surface area contributed by atoms with Crippen LogP contribution >= 0.6 is 39.5 Å². The van der Waals surface area contributed by atoms with E-state index >= 15 is 0 Å². The van der Waals surface area contributed by atoms with Crippen LogP contribution in [0.1, 0.15) is 22.6 Å². The van der Waals surface area contributed by atoms with Crippen molar-refractivity contribution in [3.63, 3.8) is 0 Å². The highest BCUT2D eigenvalue weighted by Crippen LogP contribution is 2.47. The largest absolute Gasteiger partial charge is 0.347 e. The van der Waals surface area contributed by atoms with Crippen LogP contribution in [0.15, 0.2) is 64.1 Å². The van der Waals surface area contributed by atoms with E-state index in [1.165, 1.54) is 5.56 Å². The number of aromatic nitrogens is 2. The SMILES string of the molecule is CC1CSC(c2c[n+](Cc3ccc(Br)cc3)c3ccccn3c2=O)S1. The molecule has 0 bridgehead atoms. The van der Waals surface area contributed by atoms with Crippen molar-refractivity contribution in [2.45, 2.75) is 23.3 Å². The average molecular weight is 434 g/mol. The van der Waals surface area contributed by atoms with Crippen molar-refractivity contribution < 1.29 is 4.57 Å². The molecule has 3 aromatic rings. The number of nitrogens with zero attached hydrogens (tertiary/aromatic N) is 2. The zero-order valence-electron chi connectivity index (χ0n) is 13.8. The normalized spacial score (nSPS) is 20.2. The smallest absolute Gasteiger partial charge is 0.240 e. The lowest BCUT2D eigenvalue weighted by molar-refractivity contribution is -0.666. The van der Waals surface area contributed by atoms with E-state index in [1.807, 2.05) is 47.9 Å². The number of benzene rings is 1. The minimum absolute atomic E-state index is 0.0988.